The molecule has 0 amide bonds. The minimum atomic E-state index is 0.390. The molecule has 1 aromatic heterocycles. The predicted molar refractivity (Wildman–Crippen MR) is 63.9 cm³/mol. The van der Waals surface area contributed by atoms with Crippen molar-refractivity contribution in [3.8, 4) is 0 Å². The van der Waals surface area contributed by atoms with E-state index in [1.807, 2.05) is 6.20 Å². The summed E-state index contributed by atoms with van der Waals surface area (Å²) in [4.78, 5) is 4.52. The van der Waals surface area contributed by atoms with Gasteiger partial charge < -0.3 is 0 Å². The third-order valence-electron chi connectivity index (χ3n) is 3.78. The van der Waals surface area contributed by atoms with Crippen LogP contribution < -0.4 is 0 Å². The van der Waals surface area contributed by atoms with Crippen LogP contribution in [0.15, 0.2) is 18.3 Å². The average molecular weight is 203 g/mol. The molecule has 1 aromatic rings. The van der Waals surface area contributed by atoms with Gasteiger partial charge in [0.05, 0.1) is 0 Å². The Morgan fingerprint density at radius 3 is 2.73 bits per heavy atom. The smallest absolute Gasteiger partial charge is 0.0441 e. The van der Waals surface area contributed by atoms with E-state index in [4.69, 9.17) is 0 Å². The van der Waals surface area contributed by atoms with E-state index in [1.165, 1.54) is 17.7 Å². The van der Waals surface area contributed by atoms with Gasteiger partial charge >= 0.3 is 0 Å². The molecule has 0 N–H and O–H groups in total. The molecule has 0 spiro atoms. The van der Waals surface area contributed by atoms with Crippen LogP contribution in [0.1, 0.15) is 51.3 Å². The van der Waals surface area contributed by atoms with Crippen molar-refractivity contribution >= 4 is 0 Å². The third kappa shape index (κ3) is 1.80. The first-order chi connectivity index (χ1) is 7.04. The van der Waals surface area contributed by atoms with Gasteiger partial charge in [-0.1, -0.05) is 33.8 Å². The van der Waals surface area contributed by atoms with Crippen molar-refractivity contribution in [2.45, 2.75) is 46.5 Å². The maximum Gasteiger partial charge on any atom is 0.0441 e. The summed E-state index contributed by atoms with van der Waals surface area (Å²) in [6, 6.07) is 4.34. The lowest BCUT2D eigenvalue weighted by atomic mass is 9.73. The number of hydrogen-bond acceptors (Lipinski definition) is 1. The standard InChI is InChI=1S/C14H21N/c1-5-10-11-7-6-8-15-13(11)9-12(10)14(2,3)4/h6-8,10,12H,5,9H2,1-4H3. The van der Waals surface area contributed by atoms with Gasteiger partial charge in [0.2, 0.25) is 0 Å². The van der Waals surface area contributed by atoms with Crippen molar-refractivity contribution in [3.05, 3.63) is 29.6 Å². The number of pyridine rings is 1. The average Bonchev–Trinajstić information content (AvgIpc) is 2.55. The first kappa shape index (κ1) is 10.7. The quantitative estimate of drug-likeness (QED) is 0.676. The molecule has 0 aromatic carbocycles. The Kier molecular flexibility index (Phi) is 2.57. The first-order valence-corrected chi connectivity index (χ1v) is 5.97. The van der Waals surface area contributed by atoms with Crippen LogP contribution in [0.25, 0.3) is 0 Å². The number of fused-ring (bicyclic) bond motifs is 1. The molecule has 1 heterocycles. The van der Waals surface area contributed by atoms with Crippen molar-refractivity contribution in [2.75, 3.05) is 0 Å². The normalized spacial score (nSPS) is 25.3. The third-order valence-corrected chi connectivity index (χ3v) is 3.78. The van der Waals surface area contributed by atoms with Crippen LogP contribution in [0.4, 0.5) is 0 Å². The molecule has 0 aliphatic heterocycles. The van der Waals surface area contributed by atoms with Crippen molar-refractivity contribution in [1.29, 1.82) is 0 Å². The van der Waals surface area contributed by atoms with Crippen LogP contribution >= 0.6 is 0 Å². The van der Waals surface area contributed by atoms with Crippen LogP contribution in [0, 0.1) is 11.3 Å². The zero-order valence-electron chi connectivity index (χ0n) is 10.2. The molecule has 1 aliphatic rings. The molecule has 0 bridgehead atoms. The Bertz CT molecular complexity index is 349. The summed E-state index contributed by atoms with van der Waals surface area (Å²) in [5, 5.41) is 0. The van der Waals surface area contributed by atoms with E-state index in [1.54, 1.807) is 0 Å². The van der Waals surface area contributed by atoms with E-state index in [9.17, 15) is 0 Å². The highest BCUT2D eigenvalue weighted by atomic mass is 14.7. The van der Waals surface area contributed by atoms with E-state index in [0.29, 0.717) is 11.3 Å². The molecular formula is C14H21N. The van der Waals surface area contributed by atoms with Gasteiger partial charge in [0.25, 0.3) is 0 Å². The Labute approximate surface area is 92.9 Å². The molecule has 82 valence electrons. The van der Waals surface area contributed by atoms with Crippen molar-refractivity contribution in [2.24, 2.45) is 11.3 Å². The highest BCUT2D eigenvalue weighted by molar-refractivity contribution is 5.31. The maximum absolute atomic E-state index is 4.52. The summed E-state index contributed by atoms with van der Waals surface area (Å²) in [7, 11) is 0. The molecule has 1 heteroatoms. The summed E-state index contributed by atoms with van der Waals surface area (Å²) < 4.78 is 0. The highest BCUT2D eigenvalue weighted by Crippen LogP contribution is 2.47. The Morgan fingerprint density at radius 2 is 2.13 bits per heavy atom. The van der Waals surface area contributed by atoms with Crippen LogP contribution in [0.2, 0.25) is 0 Å². The molecule has 0 saturated carbocycles. The fourth-order valence-electron chi connectivity index (χ4n) is 2.94. The largest absolute Gasteiger partial charge is 0.261 e. The lowest BCUT2D eigenvalue weighted by Gasteiger charge is -2.32. The van der Waals surface area contributed by atoms with Gasteiger partial charge in [0, 0.05) is 11.9 Å². The zero-order valence-corrected chi connectivity index (χ0v) is 10.2. The molecular weight excluding hydrogens is 182 g/mol. The molecule has 1 aliphatic carbocycles. The van der Waals surface area contributed by atoms with Crippen LogP contribution in [0.3, 0.4) is 0 Å². The fourth-order valence-corrected chi connectivity index (χ4v) is 2.94. The molecule has 2 unspecified atom stereocenters. The number of rotatable bonds is 1. The number of aromatic nitrogens is 1. The SMILES string of the molecule is CCC1c2cccnc2CC1C(C)(C)C. The van der Waals surface area contributed by atoms with Crippen molar-refractivity contribution in [3.63, 3.8) is 0 Å². The Hall–Kier alpha value is -0.850. The molecule has 15 heavy (non-hydrogen) atoms. The monoisotopic (exact) mass is 203 g/mol. The minimum Gasteiger partial charge on any atom is -0.261 e. The van der Waals surface area contributed by atoms with Gasteiger partial charge in [0.1, 0.15) is 0 Å². The zero-order chi connectivity index (χ0) is 11.1. The van der Waals surface area contributed by atoms with E-state index in [-0.39, 0.29) is 0 Å². The van der Waals surface area contributed by atoms with E-state index < -0.39 is 0 Å². The lowest BCUT2D eigenvalue weighted by molar-refractivity contribution is 0.210. The van der Waals surface area contributed by atoms with E-state index >= 15 is 0 Å². The predicted octanol–water partition coefficient (Wildman–Crippen LogP) is 3.79. The lowest BCUT2D eigenvalue weighted by Crippen LogP contribution is -2.24. The fraction of sp³-hybridized carbons (Fsp3) is 0.643. The molecule has 0 saturated heterocycles. The van der Waals surface area contributed by atoms with Crippen molar-refractivity contribution < 1.29 is 0 Å². The summed E-state index contributed by atoms with van der Waals surface area (Å²) >= 11 is 0. The Morgan fingerprint density at radius 1 is 1.40 bits per heavy atom. The molecule has 2 rings (SSSR count). The second-order valence-corrected chi connectivity index (χ2v) is 5.73. The van der Waals surface area contributed by atoms with Crippen molar-refractivity contribution in [1.82, 2.24) is 4.98 Å². The summed E-state index contributed by atoms with van der Waals surface area (Å²) in [6.45, 7) is 9.36. The van der Waals surface area contributed by atoms with Crippen LogP contribution in [-0.4, -0.2) is 4.98 Å². The number of nitrogens with zero attached hydrogens (tertiary/aromatic N) is 1. The Balaban J connectivity index is 2.37. The van der Waals surface area contributed by atoms with Gasteiger partial charge in [-0.05, 0) is 41.7 Å². The summed E-state index contributed by atoms with van der Waals surface area (Å²) in [5.74, 6) is 1.47. The summed E-state index contributed by atoms with van der Waals surface area (Å²) in [5.41, 5.74) is 3.23. The van der Waals surface area contributed by atoms with E-state index in [0.717, 1.165) is 12.3 Å². The molecule has 1 nitrogen and oxygen atoms in total. The summed E-state index contributed by atoms with van der Waals surface area (Å²) in [6.07, 6.45) is 4.33. The molecule has 0 fully saturated rings. The minimum absolute atomic E-state index is 0.390. The maximum atomic E-state index is 4.52. The highest BCUT2D eigenvalue weighted by Gasteiger charge is 2.38. The second kappa shape index (κ2) is 3.62. The van der Waals surface area contributed by atoms with E-state index in [2.05, 4.69) is 44.8 Å². The topological polar surface area (TPSA) is 12.9 Å². The molecule has 0 radical (unpaired) electrons. The van der Waals surface area contributed by atoms with Gasteiger partial charge in [0.15, 0.2) is 0 Å². The first-order valence-electron chi connectivity index (χ1n) is 5.97. The van der Waals surface area contributed by atoms with Gasteiger partial charge in [-0.15, -0.1) is 0 Å². The van der Waals surface area contributed by atoms with Gasteiger partial charge in [-0.25, -0.2) is 0 Å². The second-order valence-electron chi connectivity index (χ2n) is 5.73. The van der Waals surface area contributed by atoms with Gasteiger partial charge in [-0.2, -0.15) is 0 Å². The van der Waals surface area contributed by atoms with Crippen LogP contribution in [-0.2, 0) is 6.42 Å². The molecule has 2 atom stereocenters. The van der Waals surface area contributed by atoms with Gasteiger partial charge in [-0.3, -0.25) is 4.98 Å². The van der Waals surface area contributed by atoms with Crippen LogP contribution in [0.5, 0.6) is 0 Å². The number of hydrogen-bond donors (Lipinski definition) is 0.